The highest BCUT2D eigenvalue weighted by molar-refractivity contribution is 6.30. The summed E-state index contributed by atoms with van der Waals surface area (Å²) in [4.78, 5) is 26.0. The lowest BCUT2D eigenvalue weighted by Crippen LogP contribution is -2.47. The van der Waals surface area contributed by atoms with Gasteiger partial charge in [-0.1, -0.05) is 23.7 Å². The van der Waals surface area contributed by atoms with Crippen LogP contribution in [0.1, 0.15) is 10.5 Å². The average molecular weight is 367 g/mol. The van der Waals surface area contributed by atoms with Crippen LogP contribution in [0.5, 0.6) is 0 Å². The van der Waals surface area contributed by atoms with Crippen LogP contribution in [0.15, 0.2) is 48.8 Å². The Labute approximate surface area is 157 Å². The maximum atomic E-state index is 12.9. The Morgan fingerprint density at radius 1 is 1.00 bits per heavy atom. The molecule has 0 unspecified atom stereocenters. The van der Waals surface area contributed by atoms with E-state index in [2.05, 4.69) is 16.9 Å². The monoisotopic (exact) mass is 366 g/mol. The zero-order chi connectivity index (χ0) is 18.1. The van der Waals surface area contributed by atoms with E-state index in [1.54, 1.807) is 18.5 Å². The van der Waals surface area contributed by atoms with E-state index in [-0.39, 0.29) is 5.91 Å². The van der Waals surface area contributed by atoms with Crippen LogP contribution >= 0.6 is 11.6 Å². The molecule has 3 heterocycles. The van der Waals surface area contributed by atoms with Gasteiger partial charge in [0.1, 0.15) is 5.69 Å². The lowest BCUT2D eigenvalue weighted by atomic mass is 10.0. The number of aromatic nitrogens is 2. The van der Waals surface area contributed by atoms with E-state index in [1.807, 2.05) is 35.2 Å². The van der Waals surface area contributed by atoms with Crippen molar-refractivity contribution in [3.05, 3.63) is 59.5 Å². The number of hydrogen-bond acceptors (Lipinski definition) is 4. The molecule has 26 heavy (non-hydrogen) atoms. The first kappa shape index (κ1) is 16.9. The molecule has 0 atom stereocenters. The summed E-state index contributed by atoms with van der Waals surface area (Å²) in [5.41, 5.74) is 3.13. The summed E-state index contributed by atoms with van der Waals surface area (Å²) < 4.78 is 0. The number of hydrogen-bond donors (Lipinski definition) is 0. The van der Waals surface area contributed by atoms with Crippen LogP contribution in [0, 0.1) is 0 Å². The van der Waals surface area contributed by atoms with E-state index in [1.165, 1.54) is 0 Å². The van der Waals surface area contributed by atoms with Gasteiger partial charge in [0.05, 0.1) is 5.52 Å². The first-order chi connectivity index (χ1) is 12.6. The van der Waals surface area contributed by atoms with E-state index in [9.17, 15) is 4.79 Å². The standard InChI is InChI=1S/C20H19ClN4O/c1-24-8-10-25(11-9-24)20(26)18-7-4-15-12-22-13-17(19(15)23-18)14-2-5-16(21)6-3-14/h2-7,12-13H,8-11H2,1H3. The van der Waals surface area contributed by atoms with Gasteiger partial charge in [-0.2, -0.15) is 0 Å². The first-order valence-electron chi connectivity index (χ1n) is 8.60. The fraction of sp³-hybridized carbons (Fsp3) is 0.250. The first-order valence-corrected chi connectivity index (χ1v) is 8.98. The lowest BCUT2D eigenvalue weighted by molar-refractivity contribution is 0.0658. The number of piperazine rings is 1. The summed E-state index contributed by atoms with van der Waals surface area (Å²) in [6.07, 6.45) is 3.55. The van der Waals surface area contributed by atoms with Gasteiger partial charge in [-0.3, -0.25) is 9.78 Å². The van der Waals surface area contributed by atoms with Gasteiger partial charge in [0.15, 0.2) is 0 Å². The number of likely N-dealkylation sites (N-methyl/N-ethyl adjacent to an activating group) is 1. The smallest absolute Gasteiger partial charge is 0.272 e. The molecule has 0 saturated carbocycles. The highest BCUT2D eigenvalue weighted by atomic mass is 35.5. The molecule has 5 nitrogen and oxygen atoms in total. The van der Waals surface area contributed by atoms with Crippen molar-refractivity contribution in [2.24, 2.45) is 0 Å². The van der Waals surface area contributed by atoms with Crippen LogP contribution in [0.2, 0.25) is 5.02 Å². The number of rotatable bonds is 2. The summed E-state index contributed by atoms with van der Waals surface area (Å²) in [6, 6.07) is 11.3. The van der Waals surface area contributed by atoms with Crippen molar-refractivity contribution in [1.29, 1.82) is 0 Å². The van der Waals surface area contributed by atoms with Crippen molar-refractivity contribution in [2.75, 3.05) is 33.2 Å². The molecule has 1 amide bonds. The molecule has 0 aliphatic carbocycles. The van der Waals surface area contributed by atoms with Gasteiger partial charge in [0.2, 0.25) is 0 Å². The minimum absolute atomic E-state index is 0.0149. The number of halogens is 1. The van der Waals surface area contributed by atoms with Gasteiger partial charge in [-0.05, 0) is 36.9 Å². The molecule has 1 fully saturated rings. The van der Waals surface area contributed by atoms with E-state index in [0.29, 0.717) is 10.7 Å². The average Bonchev–Trinajstić information content (AvgIpc) is 2.68. The zero-order valence-corrected chi connectivity index (χ0v) is 15.3. The number of benzene rings is 1. The normalized spacial score (nSPS) is 15.4. The SMILES string of the molecule is CN1CCN(C(=O)c2ccc3cncc(-c4ccc(Cl)cc4)c3n2)CC1. The van der Waals surface area contributed by atoms with Crippen molar-refractivity contribution in [3.63, 3.8) is 0 Å². The second-order valence-electron chi connectivity index (χ2n) is 6.56. The van der Waals surface area contributed by atoms with Crippen LogP contribution in [-0.4, -0.2) is 58.9 Å². The molecule has 1 saturated heterocycles. The third kappa shape index (κ3) is 3.28. The number of nitrogens with zero attached hydrogens (tertiary/aromatic N) is 4. The molecule has 4 rings (SSSR count). The molecule has 2 aromatic heterocycles. The number of fused-ring (bicyclic) bond motifs is 1. The van der Waals surface area contributed by atoms with Gasteiger partial charge >= 0.3 is 0 Å². The topological polar surface area (TPSA) is 49.3 Å². The summed E-state index contributed by atoms with van der Waals surface area (Å²) in [5, 5.41) is 1.59. The van der Waals surface area contributed by atoms with Crippen molar-refractivity contribution in [3.8, 4) is 11.1 Å². The molecule has 132 valence electrons. The van der Waals surface area contributed by atoms with Crippen molar-refractivity contribution in [2.45, 2.75) is 0 Å². The minimum atomic E-state index is -0.0149. The Balaban J connectivity index is 1.73. The quantitative estimate of drug-likeness (QED) is 0.698. The predicted molar refractivity (Wildman–Crippen MR) is 103 cm³/mol. The third-order valence-corrected chi connectivity index (χ3v) is 5.02. The molecule has 1 aromatic carbocycles. The summed E-state index contributed by atoms with van der Waals surface area (Å²) in [6.45, 7) is 3.24. The fourth-order valence-electron chi connectivity index (χ4n) is 3.17. The Kier molecular flexibility index (Phi) is 4.57. The third-order valence-electron chi connectivity index (χ3n) is 4.76. The van der Waals surface area contributed by atoms with Crippen molar-refractivity contribution in [1.82, 2.24) is 19.8 Å². The molecular formula is C20H19ClN4O. The number of amides is 1. The summed E-state index contributed by atoms with van der Waals surface area (Å²) >= 11 is 6.00. The Morgan fingerprint density at radius 2 is 1.73 bits per heavy atom. The molecule has 1 aliphatic rings. The minimum Gasteiger partial charge on any atom is -0.335 e. The molecular weight excluding hydrogens is 348 g/mol. The van der Waals surface area contributed by atoms with Gasteiger partial charge in [0, 0.05) is 54.5 Å². The predicted octanol–water partition coefficient (Wildman–Crippen LogP) is 3.34. The molecule has 0 spiro atoms. The fourth-order valence-corrected chi connectivity index (χ4v) is 3.30. The highest BCUT2D eigenvalue weighted by Crippen LogP contribution is 2.27. The number of carbonyl (C=O) groups excluding carboxylic acids is 1. The second kappa shape index (κ2) is 7.02. The van der Waals surface area contributed by atoms with Crippen molar-refractivity contribution < 1.29 is 4.79 Å². The van der Waals surface area contributed by atoms with Crippen LogP contribution in [0.4, 0.5) is 0 Å². The summed E-state index contributed by atoms with van der Waals surface area (Å²) in [7, 11) is 2.07. The van der Waals surface area contributed by atoms with Gasteiger partial charge in [-0.25, -0.2) is 4.98 Å². The summed E-state index contributed by atoms with van der Waals surface area (Å²) in [5.74, 6) is -0.0149. The Hall–Kier alpha value is -2.50. The number of carbonyl (C=O) groups is 1. The van der Waals surface area contributed by atoms with Crippen LogP contribution in [-0.2, 0) is 0 Å². The second-order valence-corrected chi connectivity index (χ2v) is 6.99. The number of pyridine rings is 2. The highest BCUT2D eigenvalue weighted by Gasteiger charge is 2.21. The van der Waals surface area contributed by atoms with Gasteiger partial charge < -0.3 is 9.80 Å². The van der Waals surface area contributed by atoms with Crippen LogP contribution in [0.3, 0.4) is 0 Å². The molecule has 0 bridgehead atoms. The molecule has 1 aliphatic heterocycles. The van der Waals surface area contributed by atoms with Gasteiger partial charge in [-0.15, -0.1) is 0 Å². The molecule has 3 aromatic rings. The zero-order valence-electron chi connectivity index (χ0n) is 14.5. The maximum Gasteiger partial charge on any atom is 0.272 e. The maximum absolute atomic E-state index is 12.9. The molecule has 6 heteroatoms. The van der Waals surface area contributed by atoms with E-state index >= 15 is 0 Å². The van der Waals surface area contributed by atoms with E-state index in [4.69, 9.17) is 16.6 Å². The Bertz CT molecular complexity index is 950. The van der Waals surface area contributed by atoms with Crippen LogP contribution in [0.25, 0.3) is 22.0 Å². The Morgan fingerprint density at radius 3 is 2.46 bits per heavy atom. The van der Waals surface area contributed by atoms with Crippen LogP contribution < -0.4 is 0 Å². The largest absolute Gasteiger partial charge is 0.335 e. The van der Waals surface area contributed by atoms with Gasteiger partial charge in [0.25, 0.3) is 5.91 Å². The van der Waals surface area contributed by atoms with E-state index in [0.717, 1.165) is 48.2 Å². The molecule has 0 radical (unpaired) electrons. The van der Waals surface area contributed by atoms with Crippen molar-refractivity contribution >= 4 is 28.4 Å². The van der Waals surface area contributed by atoms with E-state index < -0.39 is 0 Å². The molecule has 0 N–H and O–H groups in total. The lowest BCUT2D eigenvalue weighted by Gasteiger charge is -2.32.